The zero-order valence-corrected chi connectivity index (χ0v) is 9.27. The lowest BCUT2D eigenvalue weighted by Gasteiger charge is -2.17. The number of amides is 1. The number of carbonyl (C=O) groups is 2. The highest BCUT2D eigenvalue weighted by atomic mass is 16.5. The summed E-state index contributed by atoms with van der Waals surface area (Å²) in [6.45, 7) is 3.40. The summed E-state index contributed by atoms with van der Waals surface area (Å²) in [4.78, 5) is 24.0. The molecule has 1 amide bonds. The van der Waals surface area contributed by atoms with Crippen molar-refractivity contribution in [3.63, 3.8) is 0 Å². The van der Waals surface area contributed by atoms with Gasteiger partial charge in [-0.05, 0) is 13.8 Å². The lowest BCUT2D eigenvalue weighted by molar-refractivity contribution is -0.138. The number of aliphatic hydroxyl groups excluding tert-OH is 2. The molecule has 90 valence electrons. The summed E-state index contributed by atoms with van der Waals surface area (Å²) < 4.78 is 4.70. The van der Waals surface area contributed by atoms with Gasteiger partial charge in [0.2, 0.25) is 0 Å². The van der Waals surface area contributed by atoms with Crippen LogP contribution in [0.1, 0.15) is 13.8 Å². The topological polar surface area (TPSA) is 87.1 Å². The summed E-state index contributed by atoms with van der Waals surface area (Å²) in [6.07, 6.45) is -0.710. The van der Waals surface area contributed by atoms with Gasteiger partial charge in [-0.3, -0.25) is 4.79 Å². The first-order valence-corrected chi connectivity index (χ1v) is 5.04. The summed E-state index contributed by atoms with van der Waals surface area (Å²) in [7, 11) is 0. The molecule has 0 aromatic carbocycles. The summed E-state index contributed by atoms with van der Waals surface area (Å²) >= 11 is 0. The van der Waals surface area contributed by atoms with Crippen LogP contribution in [-0.2, 0) is 14.3 Å². The second-order valence-corrected chi connectivity index (χ2v) is 3.58. The maximum absolute atomic E-state index is 11.5. The van der Waals surface area contributed by atoms with Crippen LogP contribution in [0.15, 0.2) is 11.3 Å². The molecule has 0 unspecified atom stereocenters. The zero-order valence-electron chi connectivity index (χ0n) is 9.27. The molecule has 0 saturated carbocycles. The number of rotatable bonds is 4. The predicted octanol–water partition coefficient (Wildman–Crippen LogP) is -0.415. The molecule has 1 atom stereocenters. The first kappa shape index (κ1) is 12.5. The highest BCUT2D eigenvalue weighted by Crippen LogP contribution is 2.18. The Morgan fingerprint density at radius 2 is 2.25 bits per heavy atom. The van der Waals surface area contributed by atoms with Gasteiger partial charge in [0.15, 0.2) is 5.76 Å². The van der Waals surface area contributed by atoms with Crippen molar-refractivity contribution >= 4 is 11.9 Å². The number of hydrogen-bond acceptors (Lipinski definition) is 5. The Morgan fingerprint density at radius 1 is 1.62 bits per heavy atom. The van der Waals surface area contributed by atoms with E-state index in [1.807, 2.05) is 0 Å². The van der Waals surface area contributed by atoms with Crippen molar-refractivity contribution in [2.75, 3.05) is 19.7 Å². The fourth-order valence-electron chi connectivity index (χ4n) is 1.46. The van der Waals surface area contributed by atoms with Gasteiger partial charge in [0.25, 0.3) is 5.91 Å². The number of hydrogen-bond donors (Lipinski definition) is 2. The Labute approximate surface area is 93.1 Å². The minimum absolute atomic E-state index is 0.0194. The zero-order chi connectivity index (χ0) is 12.3. The van der Waals surface area contributed by atoms with Gasteiger partial charge < -0.3 is 19.8 Å². The van der Waals surface area contributed by atoms with Gasteiger partial charge in [0, 0.05) is 6.54 Å². The molecule has 6 heteroatoms. The molecule has 6 nitrogen and oxygen atoms in total. The van der Waals surface area contributed by atoms with E-state index in [1.165, 1.54) is 11.8 Å². The maximum atomic E-state index is 11.5. The van der Waals surface area contributed by atoms with Gasteiger partial charge in [0.1, 0.15) is 5.57 Å². The third-order valence-corrected chi connectivity index (χ3v) is 2.13. The smallest absolute Gasteiger partial charge is 0.339 e. The summed E-state index contributed by atoms with van der Waals surface area (Å²) in [5.41, 5.74) is -0.0486. The second kappa shape index (κ2) is 4.98. The number of esters is 1. The maximum Gasteiger partial charge on any atom is 0.339 e. The molecule has 1 heterocycles. The Balaban J connectivity index is 2.74. The largest absolute Gasteiger partial charge is 0.503 e. The number of nitrogens with zero attached hydrogens (tertiary/aromatic N) is 1. The van der Waals surface area contributed by atoms with Crippen LogP contribution >= 0.6 is 0 Å². The van der Waals surface area contributed by atoms with Crippen molar-refractivity contribution in [2.45, 2.75) is 20.0 Å². The van der Waals surface area contributed by atoms with Crippen molar-refractivity contribution in [1.82, 2.24) is 4.90 Å². The minimum atomic E-state index is -0.710. The third kappa shape index (κ3) is 2.52. The van der Waals surface area contributed by atoms with Gasteiger partial charge >= 0.3 is 5.97 Å². The number of ether oxygens (including phenoxy) is 1. The Kier molecular flexibility index (Phi) is 3.89. The molecule has 0 spiro atoms. The van der Waals surface area contributed by atoms with Crippen LogP contribution in [-0.4, -0.2) is 52.8 Å². The lowest BCUT2D eigenvalue weighted by Crippen LogP contribution is -2.34. The van der Waals surface area contributed by atoms with Crippen LogP contribution < -0.4 is 0 Å². The van der Waals surface area contributed by atoms with Crippen LogP contribution in [0.5, 0.6) is 0 Å². The summed E-state index contributed by atoms with van der Waals surface area (Å²) in [5.74, 6) is -1.93. The standard InChI is InChI=1S/C10H15NO5/c1-3-16-10(15)7-5-11(4-6(2)12)9(14)8(7)13/h6,12-13H,3-5H2,1-2H3/t6-/m0/s1. The first-order valence-electron chi connectivity index (χ1n) is 5.04. The van der Waals surface area contributed by atoms with Gasteiger partial charge in [-0.1, -0.05) is 0 Å². The fourth-order valence-corrected chi connectivity index (χ4v) is 1.46. The van der Waals surface area contributed by atoms with Crippen LogP contribution in [0.25, 0.3) is 0 Å². The van der Waals surface area contributed by atoms with Crippen LogP contribution in [0.2, 0.25) is 0 Å². The van der Waals surface area contributed by atoms with Crippen LogP contribution in [0, 0.1) is 0 Å². The number of carbonyl (C=O) groups excluding carboxylic acids is 2. The van der Waals surface area contributed by atoms with Crippen molar-refractivity contribution in [3.05, 3.63) is 11.3 Å². The van der Waals surface area contributed by atoms with E-state index >= 15 is 0 Å². The van der Waals surface area contributed by atoms with Gasteiger partial charge in [-0.25, -0.2) is 4.79 Å². The highest BCUT2D eigenvalue weighted by Gasteiger charge is 2.34. The fraction of sp³-hybridized carbons (Fsp3) is 0.600. The van der Waals surface area contributed by atoms with Crippen molar-refractivity contribution in [1.29, 1.82) is 0 Å². The molecule has 2 N–H and O–H groups in total. The van der Waals surface area contributed by atoms with Crippen molar-refractivity contribution in [3.8, 4) is 0 Å². The lowest BCUT2D eigenvalue weighted by atomic mass is 10.2. The molecule has 0 aromatic heterocycles. The molecule has 1 rings (SSSR count). The van der Waals surface area contributed by atoms with Crippen LogP contribution in [0.4, 0.5) is 0 Å². The van der Waals surface area contributed by atoms with E-state index in [2.05, 4.69) is 0 Å². The van der Waals surface area contributed by atoms with Crippen LogP contribution in [0.3, 0.4) is 0 Å². The third-order valence-electron chi connectivity index (χ3n) is 2.13. The van der Waals surface area contributed by atoms with Gasteiger partial charge in [-0.2, -0.15) is 0 Å². The molecule has 0 bridgehead atoms. The van der Waals surface area contributed by atoms with E-state index in [0.717, 1.165) is 0 Å². The van der Waals surface area contributed by atoms with Crippen molar-refractivity contribution in [2.24, 2.45) is 0 Å². The number of aliphatic hydroxyl groups is 2. The Morgan fingerprint density at radius 3 is 2.75 bits per heavy atom. The molecular weight excluding hydrogens is 214 g/mol. The van der Waals surface area contributed by atoms with E-state index in [4.69, 9.17) is 9.84 Å². The monoisotopic (exact) mass is 229 g/mol. The summed E-state index contributed by atoms with van der Waals surface area (Å²) in [6, 6.07) is 0. The van der Waals surface area contributed by atoms with Crippen molar-refractivity contribution < 1.29 is 24.5 Å². The predicted molar refractivity (Wildman–Crippen MR) is 54.5 cm³/mol. The SMILES string of the molecule is CCOC(=O)C1=C(O)C(=O)N(C[C@H](C)O)C1. The number of β-amino-alcohol motifs (C(OH)–C–C–N with tert-alkyl or cyclic N) is 1. The second-order valence-electron chi connectivity index (χ2n) is 3.58. The normalized spacial score (nSPS) is 17.9. The van der Waals surface area contributed by atoms with E-state index in [1.54, 1.807) is 6.92 Å². The molecule has 0 aromatic rings. The molecule has 1 aliphatic rings. The molecule has 16 heavy (non-hydrogen) atoms. The Bertz CT molecular complexity index is 334. The highest BCUT2D eigenvalue weighted by molar-refractivity contribution is 6.05. The molecular formula is C10H15NO5. The Hall–Kier alpha value is -1.56. The molecule has 0 radical (unpaired) electrons. The molecule has 0 aliphatic carbocycles. The molecule has 0 fully saturated rings. The average molecular weight is 229 g/mol. The quantitative estimate of drug-likeness (QED) is 0.639. The van der Waals surface area contributed by atoms with E-state index < -0.39 is 23.7 Å². The molecule has 1 aliphatic heterocycles. The minimum Gasteiger partial charge on any atom is -0.503 e. The van der Waals surface area contributed by atoms with E-state index in [-0.39, 0.29) is 25.3 Å². The average Bonchev–Trinajstić information content (AvgIpc) is 2.46. The van der Waals surface area contributed by atoms with Gasteiger partial charge in [0.05, 0.1) is 19.3 Å². The molecule has 0 saturated heterocycles. The first-order chi connectivity index (χ1) is 7.47. The van der Waals surface area contributed by atoms with E-state index in [0.29, 0.717) is 0 Å². The summed E-state index contributed by atoms with van der Waals surface area (Å²) in [5, 5.41) is 18.6. The van der Waals surface area contributed by atoms with E-state index in [9.17, 15) is 14.7 Å². The van der Waals surface area contributed by atoms with Gasteiger partial charge in [-0.15, -0.1) is 0 Å².